The Morgan fingerprint density at radius 1 is 1.56 bits per heavy atom. The zero-order chi connectivity index (χ0) is 13.2. The van der Waals surface area contributed by atoms with Gasteiger partial charge in [-0.3, -0.25) is 4.79 Å². The fourth-order valence-corrected chi connectivity index (χ4v) is 3.37. The van der Waals surface area contributed by atoms with Crippen LogP contribution < -0.4 is 11.1 Å². The van der Waals surface area contributed by atoms with E-state index in [2.05, 4.69) is 28.2 Å². The Morgan fingerprint density at radius 3 is 2.89 bits per heavy atom. The van der Waals surface area contributed by atoms with Gasteiger partial charge in [-0.25, -0.2) is 0 Å². The van der Waals surface area contributed by atoms with Gasteiger partial charge in [0.15, 0.2) is 0 Å². The molecule has 18 heavy (non-hydrogen) atoms. The lowest BCUT2D eigenvalue weighted by Gasteiger charge is -2.34. The van der Waals surface area contributed by atoms with E-state index >= 15 is 0 Å². The van der Waals surface area contributed by atoms with E-state index in [1.54, 1.807) is 0 Å². The number of carbonyl (C=O) groups excluding carboxylic acids is 1. The van der Waals surface area contributed by atoms with Gasteiger partial charge in [-0.1, -0.05) is 31.9 Å². The summed E-state index contributed by atoms with van der Waals surface area (Å²) in [7, 11) is 0. The molecule has 1 aromatic rings. The van der Waals surface area contributed by atoms with E-state index in [-0.39, 0.29) is 5.91 Å². The first-order valence-electron chi connectivity index (χ1n) is 6.42. The van der Waals surface area contributed by atoms with Crippen molar-refractivity contribution in [2.45, 2.75) is 38.1 Å². The molecule has 4 heteroatoms. The van der Waals surface area contributed by atoms with Gasteiger partial charge in [0.1, 0.15) is 5.54 Å². The topological polar surface area (TPSA) is 55.1 Å². The van der Waals surface area contributed by atoms with Crippen molar-refractivity contribution in [3.05, 3.63) is 28.7 Å². The van der Waals surface area contributed by atoms with Gasteiger partial charge in [-0.15, -0.1) is 0 Å². The minimum absolute atomic E-state index is 0.234. The van der Waals surface area contributed by atoms with Gasteiger partial charge in [0.25, 0.3) is 0 Å². The lowest BCUT2D eigenvalue weighted by atomic mass is 9.84. The number of amides is 1. The summed E-state index contributed by atoms with van der Waals surface area (Å²) in [6, 6.07) is 7.85. The Morgan fingerprint density at radius 2 is 2.28 bits per heavy atom. The number of rotatable bonds is 4. The van der Waals surface area contributed by atoms with Crippen molar-refractivity contribution in [2.75, 3.05) is 5.32 Å². The van der Waals surface area contributed by atoms with Crippen LogP contribution in [0.3, 0.4) is 0 Å². The van der Waals surface area contributed by atoms with Crippen LogP contribution in [0.4, 0.5) is 5.69 Å². The molecule has 0 heterocycles. The molecule has 1 aliphatic rings. The summed E-state index contributed by atoms with van der Waals surface area (Å²) in [6.45, 7) is 2.12. The highest BCUT2D eigenvalue weighted by molar-refractivity contribution is 9.10. The normalized spacial score (nSPS) is 27.1. The van der Waals surface area contributed by atoms with Crippen LogP contribution in [0.5, 0.6) is 0 Å². The highest BCUT2D eigenvalue weighted by atomic mass is 79.9. The molecule has 2 unspecified atom stereocenters. The molecule has 0 radical (unpaired) electrons. The minimum atomic E-state index is -0.585. The Bertz CT molecular complexity index is 449. The van der Waals surface area contributed by atoms with E-state index < -0.39 is 5.54 Å². The summed E-state index contributed by atoms with van der Waals surface area (Å²) in [4.78, 5) is 12.0. The number of primary amides is 1. The van der Waals surface area contributed by atoms with Gasteiger partial charge in [0.2, 0.25) is 5.91 Å². The van der Waals surface area contributed by atoms with Crippen LogP contribution >= 0.6 is 15.9 Å². The Kier molecular flexibility index (Phi) is 3.95. The van der Waals surface area contributed by atoms with Crippen molar-refractivity contribution in [3.63, 3.8) is 0 Å². The Hall–Kier alpha value is -1.03. The number of hydrogen-bond acceptors (Lipinski definition) is 2. The van der Waals surface area contributed by atoms with Gasteiger partial charge in [0, 0.05) is 10.2 Å². The van der Waals surface area contributed by atoms with Crippen LogP contribution in [-0.4, -0.2) is 11.4 Å². The largest absolute Gasteiger partial charge is 0.370 e. The molecule has 2 atom stereocenters. The molecule has 0 bridgehead atoms. The summed E-state index contributed by atoms with van der Waals surface area (Å²) in [5, 5.41) is 3.40. The van der Waals surface area contributed by atoms with E-state index in [0.29, 0.717) is 5.92 Å². The molecule has 2 rings (SSSR count). The highest BCUT2D eigenvalue weighted by Crippen LogP contribution is 2.41. The minimum Gasteiger partial charge on any atom is -0.370 e. The number of anilines is 1. The zero-order valence-electron chi connectivity index (χ0n) is 10.6. The summed E-state index contributed by atoms with van der Waals surface area (Å²) in [5.74, 6) is 0.0877. The molecule has 1 fully saturated rings. The lowest BCUT2D eigenvalue weighted by molar-refractivity contribution is -0.123. The van der Waals surface area contributed by atoms with Crippen molar-refractivity contribution < 1.29 is 4.79 Å². The standard InChI is InChI=1S/C14H19BrN2O/c1-2-10-6-5-9-14(10,13(16)18)17-12-8-4-3-7-11(12)15/h3-4,7-8,10,17H,2,5-6,9H2,1H3,(H2,16,18). The molecule has 1 aliphatic carbocycles. The van der Waals surface area contributed by atoms with Crippen LogP contribution in [0, 0.1) is 5.92 Å². The number of nitrogens with one attached hydrogen (secondary N) is 1. The second-order valence-electron chi connectivity index (χ2n) is 4.94. The monoisotopic (exact) mass is 310 g/mol. The predicted molar refractivity (Wildman–Crippen MR) is 77.3 cm³/mol. The fraction of sp³-hybridized carbons (Fsp3) is 0.500. The number of hydrogen-bond donors (Lipinski definition) is 2. The maximum Gasteiger partial charge on any atom is 0.243 e. The molecule has 0 aliphatic heterocycles. The highest BCUT2D eigenvalue weighted by Gasteiger charge is 2.47. The van der Waals surface area contributed by atoms with Crippen LogP contribution in [0.25, 0.3) is 0 Å². The quantitative estimate of drug-likeness (QED) is 0.896. The number of nitrogens with two attached hydrogens (primary N) is 1. The van der Waals surface area contributed by atoms with Crippen molar-refractivity contribution in [3.8, 4) is 0 Å². The fourth-order valence-electron chi connectivity index (χ4n) is 2.98. The van der Waals surface area contributed by atoms with E-state index in [1.165, 1.54) is 0 Å². The third-order valence-electron chi connectivity index (χ3n) is 3.98. The van der Waals surface area contributed by atoms with Gasteiger partial charge < -0.3 is 11.1 Å². The first kappa shape index (κ1) is 13.4. The van der Waals surface area contributed by atoms with Crippen molar-refractivity contribution >= 4 is 27.5 Å². The molecule has 1 saturated carbocycles. The summed E-state index contributed by atoms with van der Waals surface area (Å²) >= 11 is 3.50. The first-order chi connectivity index (χ1) is 8.60. The average Bonchev–Trinajstić information content (AvgIpc) is 2.76. The number of halogens is 1. The predicted octanol–water partition coefficient (Wildman–Crippen LogP) is 3.30. The third-order valence-corrected chi connectivity index (χ3v) is 4.68. The Labute approximate surface area is 116 Å². The molecule has 98 valence electrons. The van der Waals surface area contributed by atoms with Crippen LogP contribution in [0.2, 0.25) is 0 Å². The van der Waals surface area contributed by atoms with Gasteiger partial charge in [-0.2, -0.15) is 0 Å². The van der Waals surface area contributed by atoms with Crippen molar-refractivity contribution in [2.24, 2.45) is 11.7 Å². The SMILES string of the molecule is CCC1CCCC1(Nc1ccccc1Br)C(N)=O. The van der Waals surface area contributed by atoms with Crippen LogP contribution in [0.1, 0.15) is 32.6 Å². The maximum absolute atomic E-state index is 12.0. The number of carbonyl (C=O) groups is 1. The summed E-state index contributed by atoms with van der Waals surface area (Å²) in [6.07, 6.45) is 3.92. The molecule has 0 spiro atoms. The van der Waals surface area contributed by atoms with Gasteiger partial charge >= 0.3 is 0 Å². The average molecular weight is 311 g/mol. The van der Waals surface area contributed by atoms with E-state index in [4.69, 9.17) is 5.73 Å². The molecule has 1 amide bonds. The maximum atomic E-state index is 12.0. The number of benzene rings is 1. The van der Waals surface area contributed by atoms with Crippen molar-refractivity contribution in [1.29, 1.82) is 0 Å². The Balaban J connectivity index is 2.33. The van der Waals surface area contributed by atoms with Crippen LogP contribution in [0.15, 0.2) is 28.7 Å². The van der Waals surface area contributed by atoms with E-state index in [1.807, 2.05) is 24.3 Å². The van der Waals surface area contributed by atoms with Crippen molar-refractivity contribution in [1.82, 2.24) is 0 Å². The molecule has 0 saturated heterocycles. The summed E-state index contributed by atoms with van der Waals surface area (Å²) in [5.41, 5.74) is 6.04. The summed E-state index contributed by atoms with van der Waals surface area (Å²) < 4.78 is 0.965. The van der Waals surface area contributed by atoms with Gasteiger partial charge in [-0.05, 0) is 46.8 Å². The smallest absolute Gasteiger partial charge is 0.243 e. The van der Waals surface area contributed by atoms with Crippen LogP contribution in [-0.2, 0) is 4.79 Å². The van der Waals surface area contributed by atoms with Gasteiger partial charge in [0.05, 0.1) is 0 Å². The van der Waals surface area contributed by atoms with E-state index in [9.17, 15) is 4.79 Å². The third kappa shape index (κ3) is 2.26. The molecular formula is C14H19BrN2O. The molecule has 1 aromatic carbocycles. The lowest BCUT2D eigenvalue weighted by Crippen LogP contribution is -2.53. The van der Waals surface area contributed by atoms with E-state index in [0.717, 1.165) is 35.8 Å². The molecule has 3 nitrogen and oxygen atoms in total. The molecular weight excluding hydrogens is 292 g/mol. The second-order valence-corrected chi connectivity index (χ2v) is 5.79. The first-order valence-corrected chi connectivity index (χ1v) is 7.22. The molecule has 3 N–H and O–H groups in total. The molecule has 0 aromatic heterocycles. The number of para-hydroxylation sites is 1. The zero-order valence-corrected chi connectivity index (χ0v) is 12.2. The second kappa shape index (κ2) is 5.31.